The van der Waals surface area contributed by atoms with Crippen LogP contribution >= 0.6 is 11.6 Å². The molecule has 0 bridgehead atoms. The topological polar surface area (TPSA) is 46.5 Å². The summed E-state index contributed by atoms with van der Waals surface area (Å²) in [6.45, 7) is 1.88. The van der Waals surface area contributed by atoms with E-state index in [4.69, 9.17) is 21.4 Å². The molecule has 0 amide bonds. The molecule has 1 N–H and O–H groups in total. The molecule has 0 aliphatic heterocycles. The highest BCUT2D eigenvalue weighted by Crippen LogP contribution is 2.23. The number of ether oxygens (including phenoxy) is 1. The van der Waals surface area contributed by atoms with Crippen LogP contribution in [0.5, 0.6) is 5.75 Å². The SMILES string of the molecule is Cc1cc(Cl)ccc1OCc1ccc(F)cc1C(=O)O. The fourth-order valence-electron chi connectivity index (χ4n) is 1.80. The van der Waals surface area contributed by atoms with E-state index in [1.807, 2.05) is 6.92 Å². The average molecular weight is 295 g/mol. The molecule has 0 saturated heterocycles. The van der Waals surface area contributed by atoms with Gasteiger partial charge in [-0.3, -0.25) is 0 Å². The fraction of sp³-hybridized carbons (Fsp3) is 0.133. The van der Waals surface area contributed by atoms with Gasteiger partial charge in [-0.1, -0.05) is 17.7 Å². The quantitative estimate of drug-likeness (QED) is 0.925. The van der Waals surface area contributed by atoms with Crippen LogP contribution in [-0.2, 0) is 6.61 Å². The fourth-order valence-corrected chi connectivity index (χ4v) is 2.03. The zero-order valence-corrected chi connectivity index (χ0v) is 11.4. The molecule has 0 saturated carbocycles. The van der Waals surface area contributed by atoms with Crippen LogP contribution in [0.4, 0.5) is 4.39 Å². The van der Waals surface area contributed by atoms with Crippen molar-refractivity contribution in [2.75, 3.05) is 0 Å². The number of benzene rings is 2. The van der Waals surface area contributed by atoms with Gasteiger partial charge in [-0.25, -0.2) is 9.18 Å². The molecule has 3 nitrogen and oxygen atoms in total. The third kappa shape index (κ3) is 3.27. The van der Waals surface area contributed by atoms with E-state index in [1.165, 1.54) is 12.1 Å². The molecular weight excluding hydrogens is 283 g/mol. The maximum absolute atomic E-state index is 13.1. The first-order chi connectivity index (χ1) is 9.47. The van der Waals surface area contributed by atoms with Gasteiger partial charge in [0.05, 0.1) is 5.56 Å². The number of hydrogen-bond donors (Lipinski definition) is 1. The Hall–Kier alpha value is -2.07. The maximum Gasteiger partial charge on any atom is 0.336 e. The van der Waals surface area contributed by atoms with Gasteiger partial charge in [0, 0.05) is 10.6 Å². The Bertz CT molecular complexity index is 656. The van der Waals surface area contributed by atoms with Gasteiger partial charge in [0.15, 0.2) is 0 Å². The van der Waals surface area contributed by atoms with E-state index in [0.29, 0.717) is 16.3 Å². The van der Waals surface area contributed by atoms with Crippen LogP contribution in [0.2, 0.25) is 5.02 Å². The molecule has 104 valence electrons. The van der Waals surface area contributed by atoms with Crippen LogP contribution in [-0.4, -0.2) is 11.1 Å². The van der Waals surface area contributed by atoms with Crippen LogP contribution in [0.1, 0.15) is 21.5 Å². The molecule has 0 aromatic heterocycles. The van der Waals surface area contributed by atoms with Crippen molar-refractivity contribution in [3.63, 3.8) is 0 Å². The van der Waals surface area contributed by atoms with E-state index in [0.717, 1.165) is 11.6 Å². The predicted octanol–water partition coefficient (Wildman–Crippen LogP) is 4.06. The van der Waals surface area contributed by atoms with Crippen molar-refractivity contribution in [1.82, 2.24) is 0 Å². The molecule has 0 unspecified atom stereocenters. The van der Waals surface area contributed by atoms with Gasteiger partial charge in [-0.05, 0) is 42.8 Å². The van der Waals surface area contributed by atoms with Crippen LogP contribution < -0.4 is 4.74 Å². The van der Waals surface area contributed by atoms with Crippen molar-refractivity contribution in [2.24, 2.45) is 0 Å². The Balaban J connectivity index is 2.20. The second-order valence-electron chi connectivity index (χ2n) is 4.31. The number of carbonyl (C=O) groups is 1. The Labute approximate surface area is 120 Å². The van der Waals surface area contributed by atoms with E-state index >= 15 is 0 Å². The van der Waals surface area contributed by atoms with Gasteiger partial charge < -0.3 is 9.84 Å². The van der Waals surface area contributed by atoms with Crippen LogP contribution in [0.15, 0.2) is 36.4 Å². The smallest absolute Gasteiger partial charge is 0.336 e. The Morgan fingerprint density at radius 3 is 2.70 bits per heavy atom. The number of aromatic carboxylic acids is 1. The first kappa shape index (κ1) is 14.3. The van der Waals surface area contributed by atoms with Crippen molar-refractivity contribution in [2.45, 2.75) is 13.5 Å². The Kier molecular flexibility index (Phi) is 4.25. The second-order valence-corrected chi connectivity index (χ2v) is 4.74. The summed E-state index contributed by atoms with van der Waals surface area (Å²) in [5, 5.41) is 9.64. The molecule has 20 heavy (non-hydrogen) atoms. The van der Waals surface area contributed by atoms with Crippen molar-refractivity contribution in [3.05, 3.63) is 63.9 Å². The van der Waals surface area contributed by atoms with Gasteiger partial charge in [-0.15, -0.1) is 0 Å². The summed E-state index contributed by atoms with van der Waals surface area (Å²) in [6, 6.07) is 8.74. The minimum absolute atomic E-state index is 0.0460. The highest BCUT2D eigenvalue weighted by atomic mass is 35.5. The van der Waals surface area contributed by atoms with Crippen LogP contribution in [0.25, 0.3) is 0 Å². The normalized spacial score (nSPS) is 10.3. The molecule has 2 aromatic rings. The van der Waals surface area contributed by atoms with E-state index in [9.17, 15) is 9.18 Å². The molecule has 2 aromatic carbocycles. The van der Waals surface area contributed by atoms with Gasteiger partial charge in [0.1, 0.15) is 18.2 Å². The number of hydrogen-bond acceptors (Lipinski definition) is 2. The zero-order valence-electron chi connectivity index (χ0n) is 10.7. The number of carboxylic acid groups (broad SMARTS) is 1. The molecule has 2 rings (SSSR count). The number of halogens is 2. The lowest BCUT2D eigenvalue weighted by molar-refractivity contribution is 0.0693. The van der Waals surface area contributed by atoms with E-state index < -0.39 is 11.8 Å². The number of rotatable bonds is 4. The van der Waals surface area contributed by atoms with Gasteiger partial charge in [0.25, 0.3) is 0 Å². The summed E-state index contributed by atoms with van der Waals surface area (Å²) in [4.78, 5) is 11.1. The molecule has 0 heterocycles. The average Bonchev–Trinajstić information content (AvgIpc) is 2.38. The zero-order chi connectivity index (χ0) is 14.7. The summed E-state index contributed by atoms with van der Waals surface area (Å²) in [7, 11) is 0. The van der Waals surface area contributed by atoms with Crippen LogP contribution in [0, 0.1) is 12.7 Å². The number of aryl methyl sites for hydroxylation is 1. The summed E-state index contributed by atoms with van der Waals surface area (Å²) in [5.41, 5.74) is 1.15. The lowest BCUT2D eigenvalue weighted by Crippen LogP contribution is -2.06. The first-order valence-corrected chi connectivity index (χ1v) is 6.26. The highest BCUT2D eigenvalue weighted by Gasteiger charge is 2.12. The van der Waals surface area contributed by atoms with Gasteiger partial charge in [0.2, 0.25) is 0 Å². The second kappa shape index (κ2) is 5.92. The Morgan fingerprint density at radius 1 is 1.30 bits per heavy atom. The highest BCUT2D eigenvalue weighted by molar-refractivity contribution is 6.30. The maximum atomic E-state index is 13.1. The van der Waals surface area contributed by atoms with E-state index in [-0.39, 0.29) is 12.2 Å². The molecule has 0 spiro atoms. The van der Waals surface area contributed by atoms with Crippen molar-refractivity contribution >= 4 is 17.6 Å². The lowest BCUT2D eigenvalue weighted by Gasteiger charge is -2.11. The Morgan fingerprint density at radius 2 is 2.05 bits per heavy atom. The van der Waals surface area contributed by atoms with Gasteiger partial charge in [-0.2, -0.15) is 0 Å². The monoisotopic (exact) mass is 294 g/mol. The van der Waals surface area contributed by atoms with Gasteiger partial charge >= 0.3 is 5.97 Å². The van der Waals surface area contributed by atoms with Crippen molar-refractivity contribution < 1.29 is 19.0 Å². The molecule has 0 fully saturated rings. The minimum atomic E-state index is -1.18. The third-order valence-corrected chi connectivity index (χ3v) is 3.06. The number of carboxylic acids is 1. The summed E-state index contributed by atoms with van der Waals surface area (Å²) in [5.74, 6) is -1.17. The summed E-state index contributed by atoms with van der Waals surface area (Å²) < 4.78 is 18.6. The molecule has 0 aliphatic rings. The standard InChI is InChI=1S/C15H12ClFO3/c1-9-6-11(16)3-5-14(9)20-8-10-2-4-12(17)7-13(10)15(18)19/h2-7H,8H2,1H3,(H,18,19). The summed E-state index contributed by atoms with van der Waals surface area (Å²) in [6.07, 6.45) is 0. The molecule has 0 aliphatic carbocycles. The first-order valence-electron chi connectivity index (χ1n) is 5.88. The summed E-state index contributed by atoms with van der Waals surface area (Å²) >= 11 is 5.84. The third-order valence-electron chi connectivity index (χ3n) is 2.82. The predicted molar refractivity (Wildman–Crippen MR) is 73.9 cm³/mol. The molecule has 0 radical (unpaired) electrons. The van der Waals surface area contributed by atoms with Crippen LogP contribution in [0.3, 0.4) is 0 Å². The van der Waals surface area contributed by atoms with Crippen molar-refractivity contribution in [1.29, 1.82) is 0 Å². The molecule has 5 heteroatoms. The minimum Gasteiger partial charge on any atom is -0.489 e. The lowest BCUT2D eigenvalue weighted by atomic mass is 10.1. The van der Waals surface area contributed by atoms with E-state index in [2.05, 4.69) is 0 Å². The molecule has 0 atom stereocenters. The molecular formula is C15H12ClFO3. The van der Waals surface area contributed by atoms with Crippen molar-refractivity contribution in [3.8, 4) is 5.75 Å². The van der Waals surface area contributed by atoms with E-state index in [1.54, 1.807) is 18.2 Å². The largest absolute Gasteiger partial charge is 0.489 e.